The van der Waals surface area contributed by atoms with Gasteiger partial charge in [-0.05, 0) is 42.7 Å². The Bertz CT molecular complexity index is 781. The highest BCUT2D eigenvalue weighted by Gasteiger charge is 2.19. The average molecular weight is 349 g/mol. The number of benzene rings is 1. The van der Waals surface area contributed by atoms with Crippen molar-refractivity contribution in [3.8, 4) is 0 Å². The summed E-state index contributed by atoms with van der Waals surface area (Å²) in [5, 5.41) is 3.83. The van der Waals surface area contributed by atoms with Crippen LogP contribution in [-0.2, 0) is 11.2 Å². The fourth-order valence-corrected chi connectivity index (χ4v) is 3.64. The van der Waals surface area contributed by atoms with Crippen molar-refractivity contribution in [3.05, 3.63) is 56.9 Å². The molecule has 0 atom stereocenters. The Morgan fingerprint density at radius 1 is 1.39 bits per heavy atom. The van der Waals surface area contributed by atoms with Crippen LogP contribution in [0, 0.1) is 6.92 Å². The third-order valence-electron chi connectivity index (χ3n) is 3.32. The van der Waals surface area contributed by atoms with Gasteiger partial charge in [0.1, 0.15) is 5.00 Å². The second-order valence-corrected chi connectivity index (χ2v) is 6.60. The molecule has 0 spiro atoms. The lowest BCUT2D eigenvalue weighted by atomic mass is 10.1. The van der Waals surface area contributed by atoms with E-state index in [-0.39, 0.29) is 5.91 Å². The average Bonchev–Trinajstić information content (AvgIpc) is 2.80. The van der Waals surface area contributed by atoms with Gasteiger partial charge in [-0.1, -0.05) is 30.7 Å². The third kappa shape index (κ3) is 4.21. The first-order chi connectivity index (χ1) is 10.9. The number of carbonyl (C=O) groups excluding carboxylic acids is 2. The molecule has 0 aliphatic carbocycles. The lowest BCUT2D eigenvalue weighted by Crippen LogP contribution is -2.16. The molecule has 0 aliphatic rings. The molecule has 0 fully saturated rings. The van der Waals surface area contributed by atoms with Crippen molar-refractivity contribution >= 4 is 45.8 Å². The van der Waals surface area contributed by atoms with Crippen molar-refractivity contribution in [2.45, 2.75) is 20.3 Å². The minimum Gasteiger partial charge on any atom is -0.365 e. The Morgan fingerprint density at radius 2 is 2.13 bits per heavy atom. The molecule has 0 unspecified atom stereocenters. The van der Waals surface area contributed by atoms with Gasteiger partial charge in [-0.15, -0.1) is 11.3 Å². The Labute approximate surface area is 144 Å². The zero-order valence-corrected chi connectivity index (χ0v) is 14.4. The monoisotopic (exact) mass is 348 g/mol. The number of primary amides is 1. The maximum atomic E-state index is 12.1. The molecule has 2 amide bonds. The molecule has 0 saturated carbocycles. The van der Waals surface area contributed by atoms with E-state index in [0.717, 1.165) is 16.0 Å². The molecule has 3 N–H and O–H groups in total. The molecule has 0 radical (unpaired) electrons. The number of nitrogens with two attached hydrogens (primary N) is 1. The molecule has 0 saturated heterocycles. The predicted octanol–water partition coefficient (Wildman–Crippen LogP) is 4.02. The standard InChI is InChI=1S/C17H17ClN2O2S/c1-3-13-10(2)23-17(15(13)16(19)22)20-14(21)8-7-11-5-4-6-12(18)9-11/h4-9H,3H2,1-2H3,(H2,19,22)(H,20,21)/b8-7+. The highest BCUT2D eigenvalue weighted by molar-refractivity contribution is 7.16. The van der Waals surface area contributed by atoms with Gasteiger partial charge >= 0.3 is 0 Å². The van der Waals surface area contributed by atoms with E-state index in [1.807, 2.05) is 19.9 Å². The van der Waals surface area contributed by atoms with Gasteiger partial charge in [-0.3, -0.25) is 9.59 Å². The molecule has 1 heterocycles. The van der Waals surface area contributed by atoms with Crippen LogP contribution in [0.5, 0.6) is 0 Å². The summed E-state index contributed by atoms with van der Waals surface area (Å²) in [4.78, 5) is 24.7. The molecule has 2 rings (SSSR count). The van der Waals surface area contributed by atoms with E-state index < -0.39 is 5.91 Å². The lowest BCUT2D eigenvalue weighted by Gasteiger charge is -2.03. The second-order valence-electron chi connectivity index (χ2n) is 4.94. The van der Waals surface area contributed by atoms with Gasteiger partial charge in [0.25, 0.3) is 5.91 Å². The number of nitrogens with one attached hydrogen (secondary N) is 1. The van der Waals surface area contributed by atoms with Crippen LogP contribution in [0.25, 0.3) is 6.08 Å². The van der Waals surface area contributed by atoms with Crippen molar-refractivity contribution in [1.29, 1.82) is 0 Å². The summed E-state index contributed by atoms with van der Waals surface area (Å²) < 4.78 is 0. The van der Waals surface area contributed by atoms with Gasteiger partial charge in [0.15, 0.2) is 0 Å². The molecule has 0 aliphatic heterocycles. The number of anilines is 1. The van der Waals surface area contributed by atoms with Crippen LogP contribution in [0.15, 0.2) is 30.3 Å². The maximum absolute atomic E-state index is 12.1. The molecular formula is C17H17ClN2O2S. The predicted molar refractivity (Wildman–Crippen MR) is 96.1 cm³/mol. The number of aryl methyl sites for hydroxylation is 1. The molecule has 6 heteroatoms. The molecule has 1 aromatic heterocycles. The summed E-state index contributed by atoms with van der Waals surface area (Å²) in [6.07, 6.45) is 3.75. The Kier molecular flexibility index (Phi) is 5.58. The summed E-state index contributed by atoms with van der Waals surface area (Å²) in [6, 6.07) is 7.17. The number of amides is 2. The Balaban J connectivity index is 2.19. The Morgan fingerprint density at radius 3 is 2.74 bits per heavy atom. The van der Waals surface area contributed by atoms with E-state index in [9.17, 15) is 9.59 Å². The highest BCUT2D eigenvalue weighted by atomic mass is 35.5. The van der Waals surface area contributed by atoms with Gasteiger partial charge in [-0.2, -0.15) is 0 Å². The number of thiophene rings is 1. The van der Waals surface area contributed by atoms with Crippen LogP contribution >= 0.6 is 22.9 Å². The minimum atomic E-state index is -0.527. The van der Waals surface area contributed by atoms with Crippen molar-refractivity contribution in [1.82, 2.24) is 0 Å². The number of halogens is 1. The molecule has 4 nitrogen and oxygen atoms in total. The van der Waals surface area contributed by atoms with Gasteiger partial charge in [0.05, 0.1) is 5.56 Å². The number of hydrogen-bond acceptors (Lipinski definition) is 3. The van der Waals surface area contributed by atoms with Crippen molar-refractivity contribution < 1.29 is 9.59 Å². The quantitative estimate of drug-likeness (QED) is 0.801. The normalized spacial score (nSPS) is 10.9. The van der Waals surface area contributed by atoms with Gasteiger partial charge < -0.3 is 11.1 Å². The first-order valence-electron chi connectivity index (χ1n) is 7.09. The minimum absolute atomic E-state index is 0.323. The zero-order chi connectivity index (χ0) is 17.0. The van der Waals surface area contributed by atoms with Crippen molar-refractivity contribution in [2.75, 3.05) is 5.32 Å². The number of carbonyl (C=O) groups is 2. The van der Waals surface area contributed by atoms with Crippen LogP contribution in [0.2, 0.25) is 5.02 Å². The first-order valence-corrected chi connectivity index (χ1v) is 8.28. The van der Waals surface area contributed by atoms with E-state index >= 15 is 0 Å². The molecule has 0 bridgehead atoms. The summed E-state index contributed by atoms with van der Waals surface area (Å²) in [7, 11) is 0. The van der Waals surface area contributed by atoms with E-state index in [1.54, 1.807) is 24.3 Å². The summed E-state index contributed by atoms with van der Waals surface area (Å²) in [6.45, 7) is 3.86. The van der Waals surface area contributed by atoms with Crippen LogP contribution in [0.3, 0.4) is 0 Å². The van der Waals surface area contributed by atoms with Crippen molar-refractivity contribution in [3.63, 3.8) is 0 Å². The van der Waals surface area contributed by atoms with E-state index in [2.05, 4.69) is 5.32 Å². The third-order valence-corrected chi connectivity index (χ3v) is 4.62. The Hall–Kier alpha value is -2.11. The van der Waals surface area contributed by atoms with E-state index in [0.29, 0.717) is 22.0 Å². The highest BCUT2D eigenvalue weighted by Crippen LogP contribution is 2.33. The summed E-state index contributed by atoms with van der Waals surface area (Å²) in [5.41, 5.74) is 7.55. The summed E-state index contributed by atoms with van der Waals surface area (Å²) in [5.74, 6) is -0.850. The lowest BCUT2D eigenvalue weighted by molar-refractivity contribution is -0.111. The van der Waals surface area contributed by atoms with Gasteiger partial charge in [-0.25, -0.2) is 0 Å². The van der Waals surface area contributed by atoms with Crippen LogP contribution < -0.4 is 11.1 Å². The fraction of sp³-hybridized carbons (Fsp3) is 0.176. The first kappa shape index (κ1) is 17.2. The largest absolute Gasteiger partial charge is 0.365 e. The van der Waals surface area contributed by atoms with Crippen LogP contribution in [-0.4, -0.2) is 11.8 Å². The molecule has 2 aromatic rings. The number of hydrogen-bond donors (Lipinski definition) is 2. The molecule has 23 heavy (non-hydrogen) atoms. The molecule has 120 valence electrons. The van der Waals surface area contributed by atoms with Crippen LogP contribution in [0.4, 0.5) is 5.00 Å². The van der Waals surface area contributed by atoms with Crippen molar-refractivity contribution in [2.24, 2.45) is 5.73 Å². The maximum Gasteiger partial charge on any atom is 0.251 e. The van der Waals surface area contributed by atoms with E-state index in [1.165, 1.54) is 17.4 Å². The molecule has 1 aromatic carbocycles. The summed E-state index contributed by atoms with van der Waals surface area (Å²) >= 11 is 7.26. The van der Waals surface area contributed by atoms with Crippen LogP contribution in [0.1, 0.15) is 33.3 Å². The number of rotatable bonds is 5. The topological polar surface area (TPSA) is 72.2 Å². The van der Waals surface area contributed by atoms with E-state index in [4.69, 9.17) is 17.3 Å². The molecular weight excluding hydrogens is 332 g/mol. The fourth-order valence-electron chi connectivity index (χ4n) is 2.29. The SMILES string of the molecule is CCc1c(C)sc(NC(=O)/C=C/c2cccc(Cl)c2)c1C(N)=O. The zero-order valence-electron chi connectivity index (χ0n) is 12.9. The second kappa shape index (κ2) is 7.44. The van der Waals surface area contributed by atoms with Gasteiger partial charge in [0, 0.05) is 16.0 Å². The van der Waals surface area contributed by atoms with Gasteiger partial charge in [0.2, 0.25) is 5.91 Å². The smallest absolute Gasteiger partial charge is 0.251 e.